The summed E-state index contributed by atoms with van der Waals surface area (Å²) >= 11 is 0. The van der Waals surface area contributed by atoms with Gasteiger partial charge >= 0.3 is 0 Å². The van der Waals surface area contributed by atoms with E-state index in [2.05, 4.69) is 24.3 Å². The molecule has 0 radical (unpaired) electrons. The highest BCUT2D eigenvalue weighted by Crippen LogP contribution is 2.30. The van der Waals surface area contributed by atoms with Crippen molar-refractivity contribution in [3.05, 3.63) is 90.7 Å². The zero-order valence-electron chi connectivity index (χ0n) is 10.9. The zero-order chi connectivity index (χ0) is 13.8. The molecule has 0 nitrogen and oxygen atoms in total. The molecule has 0 saturated heterocycles. The molecule has 0 aromatic heterocycles. The Morgan fingerprint density at radius 3 is 1.35 bits per heavy atom. The third-order valence-electron chi connectivity index (χ3n) is 3.01. The van der Waals surface area contributed by atoms with Gasteiger partial charge in [-0.15, -0.1) is 0 Å². The van der Waals surface area contributed by atoms with E-state index < -0.39 is 0 Å². The van der Waals surface area contributed by atoms with Crippen LogP contribution in [0.5, 0.6) is 0 Å². The van der Waals surface area contributed by atoms with E-state index in [0.29, 0.717) is 0 Å². The van der Waals surface area contributed by atoms with E-state index in [-0.39, 0.29) is 16.7 Å². The van der Waals surface area contributed by atoms with Gasteiger partial charge in [0.15, 0.2) is 14.7 Å². The number of hydrogen-bond donors (Lipinski definition) is 0. The van der Waals surface area contributed by atoms with Crippen molar-refractivity contribution in [2.45, 2.75) is 14.7 Å². The lowest BCUT2D eigenvalue weighted by Crippen LogP contribution is -2.04. The highest BCUT2D eigenvalue weighted by Gasteiger charge is 2.27. The number of benzene rings is 3. The molecule has 0 N–H and O–H groups in total. The van der Waals surface area contributed by atoms with Crippen LogP contribution in [0.15, 0.2) is 99.6 Å². The van der Waals surface area contributed by atoms with Crippen LogP contribution in [0.3, 0.4) is 0 Å². The Bertz CT molecular complexity index is 623. The van der Waals surface area contributed by atoms with Crippen LogP contribution >= 0.6 is 0 Å². The molecule has 2 heteroatoms. The third-order valence-corrected chi connectivity index (χ3v) is 5.24. The van der Waals surface area contributed by atoms with Gasteiger partial charge in [-0.1, -0.05) is 36.4 Å². The van der Waals surface area contributed by atoms with Gasteiger partial charge in [0.2, 0.25) is 0 Å². The van der Waals surface area contributed by atoms with Gasteiger partial charge in [0.25, 0.3) is 0 Å². The average Bonchev–Trinajstić information content (AvgIpc) is 2.52. The fourth-order valence-corrected chi connectivity index (χ4v) is 4.18. The van der Waals surface area contributed by atoms with Crippen LogP contribution in [0.25, 0.3) is 0 Å². The molecule has 98 valence electrons. The smallest absolute Gasteiger partial charge is 0.166 e. The monoisotopic (exact) mass is 280 g/mol. The quantitative estimate of drug-likeness (QED) is 0.597. The molecule has 0 atom stereocenters. The molecular formula is C18H14FS+. The molecule has 0 spiro atoms. The molecule has 20 heavy (non-hydrogen) atoms. The Balaban J connectivity index is 2.11. The van der Waals surface area contributed by atoms with Crippen LogP contribution in [0.4, 0.5) is 4.39 Å². The van der Waals surface area contributed by atoms with Crippen molar-refractivity contribution in [2.75, 3.05) is 0 Å². The third kappa shape index (κ3) is 2.75. The fourth-order valence-electron chi connectivity index (χ4n) is 2.09. The minimum Gasteiger partial charge on any atom is -0.207 e. The van der Waals surface area contributed by atoms with Crippen molar-refractivity contribution in [1.29, 1.82) is 0 Å². The van der Waals surface area contributed by atoms with Gasteiger partial charge in [-0.2, -0.15) is 0 Å². The molecular weight excluding hydrogens is 266 g/mol. The molecule has 0 fully saturated rings. The van der Waals surface area contributed by atoms with Gasteiger partial charge in [0.05, 0.1) is 10.9 Å². The number of rotatable bonds is 3. The molecule has 3 aromatic carbocycles. The Kier molecular flexibility index (Phi) is 3.84. The number of hydrogen-bond acceptors (Lipinski definition) is 0. The lowest BCUT2D eigenvalue weighted by molar-refractivity contribution is 0.626. The first kappa shape index (κ1) is 12.9. The van der Waals surface area contributed by atoms with Gasteiger partial charge in [0, 0.05) is 0 Å². The molecule has 3 rings (SSSR count). The van der Waals surface area contributed by atoms with Gasteiger partial charge in [-0.3, -0.25) is 0 Å². The molecule has 0 heterocycles. The highest BCUT2D eigenvalue weighted by atomic mass is 32.2. The summed E-state index contributed by atoms with van der Waals surface area (Å²) in [6.07, 6.45) is 0. The summed E-state index contributed by atoms with van der Waals surface area (Å²) in [6, 6.07) is 27.5. The predicted octanol–water partition coefficient (Wildman–Crippen LogP) is 4.92. The Morgan fingerprint density at radius 1 is 0.500 bits per heavy atom. The largest absolute Gasteiger partial charge is 0.207 e. The standard InChI is InChI=1S/C18H14FS/c19-15-11-13-18(14-12-15)20(16-7-3-1-4-8-16)17-9-5-2-6-10-17/h1-14H/q+1/i19-1. The summed E-state index contributed by atoms with van der Waals surface area (Å²) in [7, 11) is -0.190. The van der Waals surface area contributed by atoms with Gasteiger partial charge in [0.1, 0.15) is 5.82 Å². The molecule has 0 saturated carbocycles. The highest BCUT2D eigenvalue weighted by molar-refractivity contribution is 7.97. The fraction of sp³-hybridized carbons (Fsp3) is 0. The summed E-state index contributed by atoms with van der Waals surface area (Å²) in [5, 5.41) is 0. The lowest BCUT2D eigenvalue weighted by atomic mass is 10.3. The van der Waals surface area contributed by atoms with Crippen LogP contribution in [0, 0.1) is 5.82 Å². The first-order valence-electron chi connectivity index (χ1n) is 6.44. The zero-order valence-corrected chi connectivity index (χ0v) is 11.7. The maximum Gasteiger partial charge on any atom is 0.166 e. The molecule has 3 aromatic rings. The van der Waals surface area contributed by atoms with Crippen molar-refractivity contribution in [3.63, 3.8) is 0 Å². The van der Waals surface area contributed by atoms with E-state index in [4.69, 9.17) is 0 Å². The van der Waals surface area contributed by atoms with E-state index >= 15 is 0 Å². The molecule has 0 bridgehead atoms. The average molecular weight is 280 g/mol. The first-order valence-corrected chi connectivity index (χ1v) is 7.67. The second kappa shape index (κ2) is 5.93. The summed E-state index contributed by atoms with van der Waals surface area (Å²) < 4.78 is 13.2. The van der Waals surface area contributed by atoms with E-state index in [1.165, 1.54) is 21.9 Å². The van der Waals surface area contributed by atoms with Crippen LogP contribution in [0.1, 0.15) is 0 Å². The SMILES string of the molecule is [18F]c1ccc([S+](c2ccccc2)c2ccccc2)cc1. The molecule has 0 aliphatic rings. The van der Waals surface area contributed by atoms with E-state index in [1.807, 2.05) is 48.5 Å². The van der Waals surface area contributed by atoms with E-state index in [0.717, 1.165) is 4.90 Å². The van der Waals surface area contributed by atoms with Gasteiger partial charge in [-0.05, 0) is 48.5 Å². The Morgan fingerprint density at radius 2 is 0.900 bits per heavy atom. The van der Waals surface area contributed by atoms with Crippen LogP contribution in [-0.4, -0.2) is 0 Å². The lowest BCUT2D eigenvalue weighted by Gasteiger charge is -2.07. The minimum absolute atomic E-state index is 0.190. The van der Waals surface area contributed by atoms with Crippen molar-refractivity contribution in [3.8, 4) is 0 Å². The predicted molar refractivity (Wildman–Crippen MR) is 81.4 cm³/mol. The molecule has 0 amide bonds. The summed E-state index contributed by atoms with van der Waals surface area (Å²) in [4.78, 5) is 3.61. The minimum atomic E-state index is -0.196. The summed E-state index contributed by atoms with van der Waals surface area (Å²) in [5.41, 5.74) is 0. The maximum atomic E-state index is 13.2. The van der Waals surface area contributed by atoms with Gasteiger partial charge < -0.3 is 0 Å². The van der Waals surface area contributed by atoms with Crippen molar-refractivity contribution in [2.24, 2.45) is 0 Å². The van der Waals surface area contributed by atoms with Crippen molar-refractivity contribution in [1.82, 2.24) is 0 Å². The Hall–Kier alpha value is -2.06. The maximum absolute atomic E-state index is 13.2. The summed E-state index contributed by atoms with van der Waals surface area (Å²) in [5.74, 6) is -0.196. The van der Waals surface area contributed by atoms with E-state index in [9.17, 15) is 4.39 Å². The second-order valence-corrected chi connectivity index (χ2v) is 6.41. The topological polar surface area (TPSA) is 0 Å². The molecule has 0 aliphatic carbocycles. The van der Waals surface area contributed by atoms with Crippen LogP contribution < -0.4 is 0 Å². The van der Waals surface area contributed by atoms with Crippen molar-refractivity contribution < 1.29 is 4.39 Å². The first-order chi connectivity index (χ1) is 9.84. The molecule has 0 aliphatic heterocycles. The van der Waals surface area contributed by atoms with Crippen molar-refractivity contribution >= 4 is 10.9 Å². The van der Waals surface area contributed by atoms with E-state index in [1.54, 1.807) is 0 Å². The Labute approximate surface area is 121 Å². The molecule has 0 unspecified atom stereocenters. The number of halogens is 1. The van der Waals surface area contributed by atoms with Gasteiger partial charge in [-0.25, -0.2) is 4.39 Å². The summed E-state index contributed by atoms with van der Waals surface area (Å²) in [6.45, 7) is 0. The van der Waals surface area contributed by atoms with Crippen LogP contribution in [-0.2, 0) is 10.9 Å². The normalized spacial score (nSPS) is 10.7. The van der Waals surface area contributed by atoms with Crippen LogP contribution in [0.2, 0.25) is 0 Å². The second-order valence-electron chi connectivity index (χ2n) is 4.39.